The molecule has 0 saturated carbocycles. The van der Waals surface area contributed by atoms with Crippen molar-refractivity contribution in [2.45, 2.75) is 55.9 Å². The average molecular weight is 261 g/mol. The molecule has 0 spiro atoms. The molecule has 2 aliphatic rings. The van der Waals surface area contributed by atoms with E-state index in [0.29, 0.717) is 0 Å². The second kappa shape index (κ2) is 6.12. The van der Waals surface area contributed by atoms with Crippen LogP contribution >= 0.6 is 11.8 Å². The Balaban J connectivity index is 1.42. The summed E-state index contributed by atoms with van der Waals surface area (Å²) in [4.78, 5) is 1.48. The summed E-state index contributed by atoms with van der Waals surface area (Å²) in [6, 6.07) is 7.91. The molecule has 1 unspecified atom stereocenters. The molecule has 18 heavy (non-hydrogen) atoms. The molecule has 98 valence electrons. The van der Waals surface area contributed by atoms with Gasteiger partial charge in [0.05, 0.1) is 0 Å². The van der Waals surface area contributed by atoms with Crippen molar-refractivity contribution in [3.05, 3.63) is 29.3 Å². The Hall–Kier alpha value is -0.470. The Bertz CT molecular complexity index is 396. The predicted molar refractivity (Wildman–Crippen MR) is 79.4 cm³/mol. The van der Waals surface area contributed by atoms with Gasteiger partial charge in [-0.3, -0.25) is 0 Å². The molecule has 1 nitrogen and oxygen atoms in total. The summed E-state index contributed by atoms with van der Waals surface area (Å²) in [5.41, 5.74) is 3.20. The van der Waals surface area contributed by atoms with Gasteiger partial charge in [0.25, 0.3) is 0 Å². The molecule has 3 rings (SSSR count). The van der Waals surface area contributed by atoms with E-state index in [9.17, 15) is 0 Å². The van der Waals surface area contributed by atoms with Crippen LogP contribution in [0.5, 0.6) is 0 Å². The van der Waals surface area contributed by atoms with Gasteiger partial charge < -0.3 is 5.32 Å². The summed E-state index contributed by atoms with van der Waals surface area (Å²) in [5, 5.41) is 3.58. The standard InChI is InChI=1S/C16H23NS/c1-4-13-8-9-16(12-14(13)5-1)18-11-3-7-15-6-2-10-17-15/h8-9,12,15,17H,1-7,10-11H2. The third-order valence-electron chi connectivity index (χ3n) is 4.20. The number of benzene rings is 1. The molecule has 0 radical (unpaired) electrons. The maximum atomic E-state index is 3.58. The molecule has 1 N–H and O–H groups in total. The molecule has 1 aliphatic carbocycles. The van der Waals surface area contributed by atoms with Crippen LogP contribution in [0, 0.1) is 0 Å². The van der Waals surface area contributed by atoms with Crippen LogP contribution in [0.2, 0.25) is 0 Å². The minimum absolute atomic E-state index is 0.811. The van der Waals surface area contributed by atoms with Gasteiger partial charge in [0.2, 0.25) is 0 Å². The van der Waals surface area contributed by atoms with Crippen molar-refractivity contribution in [1.82, 2.24) is 5.32 Å². The summed E-state index contributed by atoms with van der Waals surface area (Å²) in [5.74, 6) is 1.27. The van der Waals surface area contributed by atoms with Gasteiger partial charge in [-0.25, -0.2) is 0 Å². The maximum absolute atomic E-state index is 3.58. The quantitative estimate of drug-likeness (QED) is 0.639. The van der Waals surface area contributed by atoms with Crippen LogP contribution in [0.3, 0.4) is 0 Å². The molecule has 0 bridgehead atoms. The van der Waals surface area contributed by atoms with Gasteiger partial charge in [-0.15, -0.1) is 11.8 Å². The van der Waals surface area contributed by atoms with Crippen molar-refractivity contribution in [3.63, 3.8) is 0 Å². The lowest BCUT2D eigenvalue weighted by molar-refractivity contribution is 0.553. The van der Waals surface area contributed by atoms with E-state index in [1.54, 1.807) is 11.1 Å². The molecule has 2 heteroatoms. The molecule has 1 aromatic rings. The van der Waals surface area contributed by atoms with Crippen LogP contribution in [-0.2, 0) is 12.8 Å². The topological polar surface area (TPSA) is 12.0 Å². The van der Waals surface area contributed by atoms with Crippen LogP contribution in [0.25, 0.3) is 0 Å². The lowest BCUT2D eigenvalue weighted by Gasteiger charge is -2.09. The average Bonchev–Trinajstić information content (AvgIpc) is 3.05. The van der Waals surface area contributed by atoms with Gasteiger partial charge in [0.15, 0.2) is 0 Å². The Morgan fingerprint density at radius 1 is 1.17 bits per heavy atom. The van der Waals surface area contributed by atoms with Crippen LogP contribution < -0.4 is 5.32 Å². The first kappa shape index (κ1) is 12.6. The summed E-state index contributed by atoms with van der Waals surface area (Å²) >= 11 is 2.04. The Morgan fingerprint density at radius 2 is 2.11 bits per heavy atom. The van der Waals surface area contributed by atoms with Crippen molar-refractivity contribution in [3.8, 4) is 0 Å². The van der Waals surface area contributed by atoms with Crippen LogP contribution in [0.15, 0.2) is 23.1 Å². The Morgan fingerprint density at radius 3 is 3.00 bits per heavy atom. The monoisotopic (exact) mass is 261 g/mol. The number of rotatable bonds is 5. The first-order chi connectivity index (χ1) is 8.92. The fourth-order valence-corrected chi connectivity index (χ4v) is 4.10. The van der Waals surface area contributed by atoms with Gasteiger partial charge in [0.1, 0.15) is 0 Å². The summed E-state index contributed by atoms with van der Waals surface area (Å²) in [7, 11) is 0. The number of thioether (sulfide) groups is 1. The highest BCUT2D eigenvalue weighted by Gasteiger charge is 2.13. The SMILES string of the molecule is c1cc2c(cc1SCCCC1CCCN1)CCC2. The van der Waals surface area contributed by atoms with Crippen molar-refractivity contribution in [1.29, 1.82) is 0 Å². The van der Waals surface area contributed by atoms with E-state index >= 15 is 0 Å². The Labute approximate surface area is 115 Å². The van der Waals surface area contributed by atoms with Gasteiger partial charge in [-0.05, 0) is 80.5 Å². The van der Waals surface area contributed by atoms with E-state index in [4.69, 9.17) is 0 Å². The summed E-state index contributed by atoms with van der Waals surface area (Å²) in [6.45, 7) is 1.24. The van der Waals surface area contributed by atoms with E-state index in [1.807, 2.05) is 11.8 Å². The lowest BCUT2D eigenvalue weighted by Crippen LogP contribution is -2.20. The van der Waals surface area contributed by atoms with Crippen molar-refractivity contribution >= 4 is 11.8 Å². The minimum Gasteiger partial charge on any atom is -0.314 e. The molecule has 1 aliphatic heterocycles. The van der Waals surface area contributed by atoms with E-state index in [1.165, 1.54) is 62.1 Å². The number of nitrogens with one attached hydrogen (secondary N) is 1. The number of hydrogen-bond acceptors (Lipinski definition) is 2. The van der Waals surface area contributed by atoms with Crippen LogP contribution in [0.1, 0.15) is 43.2 Å². The van der Waals surface area contributed by atoms with E-state index < -0.39 is 0 Å². The number of fused-ring (bicyclic) bond motifs is 1. The highest BCUT2D eigenvalue weighted by atomic mass is 32.2. The zero-order chi connectivity index (χ0) is 12.2. The van der Waals surface area contributed by atoms with E-state index in [2.05, 4.69) is 23.5 Å². The van der Waals surface area contributed by atoms with Gasteiger partial charge in [-0.1, -0.05) is 6.07 Å². The molecule has 1 fully saturated rings. The van der Waals surface area contributed by atoms with Crippen LogP contribution in [-0.4, -0.2) is 18.3 Å². The van der Waals surface area contributed by atoms with Crippen LogP contribution in [0.4, 0.5) is 0 Å². The first-order valence-corrected chi connectivity index (χ1v) is 8.38. The molecule has 1 atom stereocenters. The Kier molecular flexibility index (Phi) is 4.27. The highest BCUT2D eigenvalue weighted by molar-refractivity contribution is 7.99. The fraction of sp³-hybridized carbons (Fsp3) is 0.625. The van der Waals surface area contributed by atoms with Crippen molar-refractivity contribution in [2.75, 3.05) is 12.3 Å². The van der Waals surface area contributed by atoms with Crippen molar-refractivity contribution in [2.24, 2.45) is 0 Å². The van der Waals surface area contributed by atoms with Gasteiger partial charge in [-0.2, -0.15) is 0 Å². The van der Waals surface area contributed by atoms with Gasteiger partial charge >= 0.3 is 0 Å². The van der Waals surface area contributed by atoms with Crippen molar-refractivity contribution < 1.29 is 0 Å². The second-order valence-electron chi connectivity index (χ2n) is 5.57. The zero-order valence-electron chi connectivity index (χ0n) is 11.1. The molecular weight excluding hydrogens is 238 g/mol. The lowest BCUT2D eigenvalue weighted by atomic mass is 10.1. The number of aryl methyl sites for hydroxylation is 2. The minimum atomic E-state index is 0.811. The fourth-order valence-electron chi connectivity index (χ4n) is 3.16. The largest absolute Gasteiger partial charge is 0.314 e. The van der Waals surface area contributed by atoms with E-state index in [0.717, 1.165) is 6.04 Å². The van der Waals surface area contributed by atoms with E-state index in [-0.39, 0.29) is 0 Å². The summed E-state index contributed by atoms with van der Waals surface area (Å²) in [6.07, 6.45) is 9.43. The maximum Gasteiger partial charge on any atom is 0.00748 e. The van der Waals surface area contributed by atoms with Gasteiger partial charge in [0, 0.05) is 10.9 Å². The first-order valence-electron chi connectivity index (χ1n) is 7.40. The highest BCUT2D eigenvalue weighted by Crippen LogP contribution is 2.28. The predicted octanol–water partition coefficient (Wildman–Crippen LogP) is 3.80. The molecule has 0 amide bonds. The summed E-state index contributed by atoms with van der Waals surface area (Å²) < 4.78 is 0. The normalized spacial score (nSPS) is 22.3. The molecule has 1 saturated heterocycles. The molecule has 0 aromatic heterocycles. The number of hydrogen-bond donors (Lipinski definition) is 1. The third-order valence-corrected chi connectivity index (χ3v) is 5.28. The molecule has 1 heterocycles. The second-order valence-corrected chi connectivity index (χ2v) is 6.74. The molecule has 1 aromatic carbocycles. The smallest absolute Gasteiger partial charge is 0.00748 e. The molecular formula is C16H23NS. The zero-order valence-corrected chi connectivity index (χ0v) is 11.9. The third kappa shape index (κ3) is 3.10.